The van der Waals surface area contributed by atoms with E-state index in [0.717, 1.165) is 38.7 Å². The van der Waals surface area contributed by atoms with Crippen molar-refractivity contribution < 1.29 is 32.3 Å². The number of nitrogens with two attached hydrogens (primary N) is 1. The zero-order valence-corrected chi connectivity index (χ0v) is 31.4. The van der Waals surface area contributed by atoms with Crippen LogP contribution in [0.4, 0.5) is 4.79 Å². The van der Waals surface area contributed by atoms with Gasteiger partial charge in [0.1, 0.15) is 17.2 Å². The van der Waals surface area contributed by atoms with Crippen molar-refractivity contribution in [1.29, 1.82) is 0 Å². The number of benzene rings is 3. The zero-order valence-electron chi connectivity index (χ0n) is 30.6. The van der Waals surface area contributed by atoms with Crippen molar-refractivity contribution in [1.82, 2.24) is 25.4 Å². The maximum atomic E-state index is 14.3. The Balaban J connectivity index is 1.18. The van der Waals surface area contributed by atoms with Gasteiger partial charge in [0, 0.05) is 55.3 Å². The summed E-state index contributed by atoms with van der Waals surface area (Å²) in [4.78, 5) is 60.9. The number of primary sulfonamides is 1. The molecule has 0 saturated carbocycles. The Kier molecular flexibility index (Phi) is 10.1. The van der Waals surface area contributed by atoms with Crippen LogP contribution in [0.1, 0.15) is 72.8 Å². The molecule has 0 radical (unpaired) electrons. The third-order valence-corrected chi connectivity index (χ3v) is 10.6. The number of nitrogens with one attached hydrogen (secondary N) is 3. The summed E-state index contributed by atoms with van der Waals surface area (Å²) in [5, 5.41) is 11.8. The summed E-state index contributed by atoms with van der Waals surface area (Å²) in [5.74, 6) is -0.973. The molecule has 0 spiro atoms. The number of para-hydroxylation sites is 1. The van der Waals surface area contributed by atoms with Gasteiger partial charge in [-0.15, -0.1) is 0 Å². The first-order chi connectivity index (χ1) is 24.9. The van der Waals surface area contributed by atoms with Gasteiger partial charge in [-0.25, -0.2) is 18.4 Å². The molecule has 2 aliphatic rings. The number of sulfonamides is 1. The van der Waals surface area contributed by atoms with Gasteiger partial charge in [-0.05, 0) is 106 Å². The van der Waals surface area contributed by atoms with E-state index >= 15 is 0 Å². The van der Waals surface area contributed by atoms with Crippen molar-refractivity contribution in [3.05, 3.63) is 100 Å². The number of nitrogens with zero attached hydrogens (tertiary/aromatic N) is 2. The average molecular weight is 743 g/mol. The first-order valence-corrected chi connectivity index (χ1v) is 19.1. The Labute approximate surface area is 309 Å². The highest BCUT2D eigenvalue weighted by Crippen LogP contribution is 2.27. The predicted octanol–water partition coefficient (Wildman–Crippen LogP) is 3.93. The van der Waals surface area contributed by atoms with Crippen LogP contribution in [0.15, 0.2) is 71.8 Å². The lowest BCUT2D eigenvalue weighted by Gasteiger charge is -2.34. The first kappa shape index (κ1) is 37.5. The van der Waals surface area contributed by atoms with E-state index < -0.39 is 39.2 Å². The molecule has 1 atom stereocenters. The van der Waals surface area contributed by atoms with Crippen LogP contribution in [0.3, 0.4) is 0 Å². The van der Waals surface area contributed by atoms with Crippen LogP contribution in [0, 0.1) is 0 Å². The van der Waals surface area contributed by atoms with Gasteiger partial charge in [-0.3, -0.25) is 14.4 Å². The lowest BCUT2D eigenvalue weighted by atomic mass is 9.94. The molecule has 4 amide bonds. The van der Waals surface area contributed by atoms with E-state index in [2.05, 4.69) is 15.6 Å². The molecule has 2 aliphatic heterocycles. The van der Waals surface area contributed by atoms with Gasteiger partial charge >= 0.3 is 6.09 Å². The highest BCUT2D eigenvalue weighted by atomic mass is 32.2. The highest BCUT2D eigenvalue weighted by Gasteiger charge is 2.36. The summed E-state index contributed by atoms with van der Waals surface area (Å²) in [6.07, 6.45) is 2.40. The molecule has 13 nitrogen and oxygen atoms in total. The number of carbonyl (C=O) groups is 4. The Morgan fingerprint density at radius 1 is 0.868 bits per heavy atom. The van der Waals surface area contributed by atoms with E-state index in [4.69, 9.17) is 9.88 Å². The van der Waals surface area contributed by atoms with Crippen LogP contribution in [0.2, 0.25) is 0 Å². The first-order valence-electron chi connectivity index (χ1n) is 17.6. The number of H-pyrrole nitrogens is 1. The van der Waals surface area contributed by atoms with Crippen molar-refractivity contribution >= 4 is 44.7 Å². The molecule has 1 aromatic heterocycles. The normalized spacial score (nSPS) is 15.3. The Hall–Kier alpha value is -5.21. The van der Waals surface area contributed by atoms with Crippen LogP contribution in [0.25, 0.3) is 10.9 Å². The molecule has 0 aliphatic carbocycles. The smallest absolute Gasteiger partial charge is 0.408 e. The fraction of sp³-hybridized carbons (Fsp3) is 0.385. The highest BCUT2D eigenvalue weighted by molar-refractivity contribution is 7.89. The van der Waals surface area contributed by atoms with Crippen LogP contribution in [-0.2, 0) is 56.7 Å². The largest absolute Gasteiger partial charge is 0.444 e. The standard InChI is InChI=1S/C39H46N6O7S/c1-38(2,3)52-37(49)43-39(4,5)36(48)42-33(20-28-21-41-32-9-7-6-8-31(28)32)35(47)45-17-15-25-18-26(10-11-27(25)22-45)34(46)44-16-14-24-12-13-30(53(40,50)51)19-29(24)23-44/h6-13,18-19,21,33,41H,14-17,20,22-23H2,1-5H3,(H,42,48)(H,43,49)(H2,40,50,51)/t33-/m1/s1. The molecule has 3 heterocycles. The Bertz CT molecular complexity index is 2200. The van der Waals surface area contributed by atoms with Crippen LogP contribution < -0.4 is 15.8 Å². The van der Waals surface area contributed by atoms with Crippen molar-refractivity contribution in [3.8, 4) is 0 Å². The zero-order chi connectivity index (χ0) is 38.3. The number of alkyl carbamates (subject to hydrolysis) is 1. The maximum absolute atomic E-state index is 14.3. The molecule has 4 aromatic rings. The lowest BCUT2D eigenvalue weighted by Crippen LogP contribution is -2.60. The second kappa shape index (κ2) is 14.3. The van der Waals surface area contributed by atoms with Crippen molar-refractivity contribution in [3.63, 3.8) is 0 Å². The molecule has 5 N–H and O–H groups in total. The van der Waals surface area contributed by atoms with E-state index in [-0.39, 0.29) is 36.2 Å². The monoisotopic (exact) mass is 742 g/mol. The van der Waals surface area contributed by atoms with Gasteiger partial charge in [-0.1, -0.05) is 30.3 Å². The number of aromatic amines is 1. The summed E-state index contributed by atoms with van der Waals surface area (Å²) in [6, 6.07) is 17.0. The quantitative estimate of drug-likeness (QED) is 0.211. The molecule has 14 heteroatoms. The van der Waals surface area contributed by atoms with Gasteiger partial charge in [0.2, 0.25) is 21.8 Å². The minimum absolute atomic E-state index is 0.0165. The van der Waals surface area contributed by atoms with E-state index in [0.29, 0.717) is 31.5 Å². The molecule has 6 rings (SSSR count). The topological polar surface area (TPSA) is 184 Å². The van der Waals surface area contributed by atoms with Gasteiger partial charge < -0.3 is 30.2 Å². The molecule has 0 saturated heterocycles. The SMILES string of the molecule is CC(C)(C)OC(=O)NC(C)(C)C(=O)N[C@H](Cc1c[nH]c2ccccc12)C(=O)N1CCc2cc(C(=O)N3CCc4ccc(S(N)(=O)=O)cc4C3)ccc2C1. The summed E-state index contributed by atoms with van der Waals surface area (Å²) in [6.45, 7) is 9.72. The summed E-state index contributed by atoms with van der Waals surface area (Å²) < 4.78 is 29.2. The molecular formula is C39H46N6O7S. The number of aromatic nitrogens is 1. The van der Waals surface area contributed by atoms with Crippen LogP contribution in [0.5, 0.6) is 0 Å². The van der Waals surface area contributed by atoms with Gasteiger partial charge in [-0.2, -0.15) is 0 Å². The minimum atomic E-state index is -3.87. The molecule has 0 fully saturated rings. The molecule has 3 aromatic carbocycles. The summed E-state index contributed by atoms with van der Waals surface area (Å²) >= 11 is 0. The second-order valence-electron chi connectivity index (χ2n) is 15.3. The fourth-order valence-corrected chi connectivity index (χ4v) is 7.40. The Morgan fingerprint density at radius 2 is 1.55 bits per heavy atom. The van der Waals surface area contributed by atoms with Crippen LogP contribution >= 0.6 is 0 Å². The average Bonchev–Trinajstić information content (AvgIpc) is 3.50. The van der Waals surface area contributed by atoms with Crippen molar-refractivity contribution in [2.24, 2.45) is 5.14 Å². The Morgan fingerprint density at radius 3 is 2.28 bits per heavy atom. The molecule has 0 unspecified atom stereocenters. The van der Waals surface area contributed by atoms with Gasteiger partial charge in [0.15, 0.2) is 0 Å². The molecular weight excluding hydrogens is 697 g/mol. The minimum Gasteiger partial charge on any atom is -0.444 e. The van der Waals surface area contributed by atoms with E-state index in [1.54, 1.807) is 56.6 Å². The number of amides is 4. The van der Waals surface area contributed by atoms with E-state index in [1.165, 1.54) is 12.1 Å². The third-order valence-electron chi connectivity index (χ3n) is 9.67. The second-order valence-corrected chi connectivity index (χ2v) is 16.8. The molecule has 0 bridgehead atoms. The van der Waals surface area contributed by atoms with Gasteiger partial charge in [0.25, 0.3) is 5.91 Å². The number of hydrogen-bond acceptors (Lipinski definition) is 7. The van der Waals surface area contributed by atoms with Crippen molar-refractivity contribution in [2.45, 2.75) is 89.0 Å². The van der Waals surface area contributed by atoms with Crippen molar-refractivity contribution in [2.75, 3.05) is 13.1 Å². The number of rotatable bonds is 8. The number of hydrogen-bond donors (Lipinski definition) is 4. The molecule has 53 heavy (non-hydrogen) atoms. The third kappa shape index (κ3) is 8.55. The van der Waals surface area contributed by atoms with E-state index in [1.807, 2.05) is 42.6 Å². The predicted molar refractivity (Wildman–Crippen MR) is 199 cm³/mol. The maximum Gasteiger partial charge on any atom is 0.408 e. The van der Waals surface area contributed by atoms with Crippen LogP contribution in [-0.4, -0.2) is 77.3 Å². The number of carbonyl (C=O) groups excluding carboxylic acids is 4. The van der Waals surface area contributed by atoms with Gasteiger partial charge in [0.05, 0.1) is 4.90 Å². The lowest BCUT2D eigenvalue weighted by molar-refractivity contribution is -0.138. The summed E-state index contributed by atoms with van der Waals surface area (Å²) in [5.41, 5.74) is 3.72. The fourth-order valence-electron chi connectivity index (χ4n) is 6.84. The number of ether oxygens (including phenoxy) is 1. The number of fused-ring (bicyclic) bond motifs is 3. The molecule has 280 valence electrons. The van der Waals surface area contributed by atoms with E-state index in [9.17, 15) is 27.6 Å². The summed E-state index contributed by atoms with van der Waals surface area (Å²) in [7, 11) is -3.87.